The van der Waals surface area contributed by atoms with Gasteiger partial charge in [0.15, 0.2) is 0 Å². The Hall–Kier alpha value is -2.64. The van der Waals surface area contributed by atoms with E-state index in [2.05, 4.69) is 92.0 Å². The van der Waals surface area contributed by atoms with Gasteiger partial charge >= 0.3 is 11.9 Å². The van der Waals surface area contributed by atoms with Crippen LogP contribution in [0.1, 0.15) is 231 Å². The molecule has 0 radical (unpaired) electrons. The second-order valence-electron chi connectivity index (χ2n) is 27.9. The molecular weight excluding hydrogens is 881 g/mol. The molecule has 18 atom stereocenters. The average molecular weight is 984 g/mol. The van der Waals surface area contributed by atoms with Crippen LogP contribution in [0.3, 0.4) is 0 Å². The van der Waals surface area contributed by atoms with Gasteiger partial charge in [0.2, 0.25) is 11.8 Å². The van der Waals surface area contributed by atoms with Crippen molar-refractivity contribution in [2.75, 3.05) is 0 Å². The highest BCUT2D eigenvalue weighted by atomic mass is 16.5. The van der Waals surface area contributed by atoms with Gasteiger partial charge < -0.3 is 20.1 Å². The van der Waals surface area contributed by atoms with E-state index in [1.165, 1.54) is 101 Å². The van der Waals surface area contributed by atoms with Crippen molar-refractivity contribution in [3.8, 4) is 0 Å². The van der Waals surface area contributed by atoms with Gasteiger partial charge in [0.05, 0.1) is 0 Å². The molecule has 0 unspecified atom stereocenters. The van der Waals surface area contributed by atoms with Crippen LogP contribution in [0, 0.1) is 92.7 Å². The highest BCUT2D eigenvalue weighted by molar-refractivity contribution is 5.99. The zero-order chi connectivity index (χ0) is 51.2. The summed E-state index contributed by atoms with van der Waals surface area (Å²) in [6.07, 6.45) is 30.7. The minimum atomic E-state index is -0.891. The highest BCUT2D eigenvalue weighted by Gasteiger charge is 2.61. The van der Waals surface area contributed by atoms with Gasteiger partial charge in [-0.05, 0) is 196 Å². The van der Waals surface area contributed by atoms with Crippen molar-refractivity contribution in [2.24, 2.45) is 92.7 Å². The first-order chi connectivity index (χ1) is 33.6. The molecule has 0 aromatic heterocycles. The lowest BCUT2D eigenvalue weighted by atomic mass is 9.47. The molecule has 0 aliphatic heterocycles. The van der Waals surface area contributed by atoms with Crippen molar-refractivity contribution in [2.45, 2.75) is 255 Å². The van der Waals surface area contributed by atoms with Crippen molar-refractivity contribution in [1.82, 2.24) is 10.6 Å². The Kier molecular flexibility index (Phi) is 16.9. The first-order valence-electron chi connectivity index (χ1n) is 30.0. The second kappa shape index (κ2) is 21.9. The normalized spacial score (nSPS) is 40.0. The standard InChI is InChI=1S/C63H102N2O6/c1-38(2)15-13-17-40(5)50-23-25-52-48-21-19-44-35-46(27-31-60(44,9)54(48)29-33-62(50,52)11)70-58(68)42(7)64-56(66)37-57(67)65-43(8)59(69)71-47-28-32-61(10)45(36-47)20-22-49-53-26-24-51(41(6)18-14-16-39(3)4)63(53,12)34-30-55(49)61/h19-20,38-43,46-55H,13-18,21-37H2,1-12H3,(H,64,66)(H,65,67)/t40-,41-,42-,43-,46+,47+,48+,49+,50-,51-,52+,53+,54+,55+,60+,61+,62-,63-/m1/s1. The van der Waals surface area contributed by atoms with Crippen molar-refractivity contribution in [1.29, 1.82) is 0 Å². The Morgan fingerprint density at radius 3 is 1.30 bits per heavy atom. The zero-order valence-corrected chi connectivity index (χ0v) is 47.1. The van der Waals surface area contributed by atoms with E-state index in [-0.39, 0.29) is 23.0 Å². The molecule has 0 aromatic carbocycles. The molecule has 400 valence electrons. The molecule has 2 amide bonds. The number of rotatable bonds is 18. The third-order valence-corrected chi connectivity index (χ3v) is 22.9. The fourth-order valence-electron chi connectivity index (χ4n) is 18.9. The maximum absolute atomic E-state index is 13.4. The summed E-state index contributed by atoms with van der Waals surface area (Å²) in [5.41, 5.74) is 4.16. The predicted molar refractivity (Wildman–Crippen MR) is 286 cm³/mol. The van der Waals surface area contributed by atoms with Gasteiger partial charge in [-0.15, -0.1) is 0 Å². The highest BCUT2D eigenvalue weighted by Crippen LogP contribution is 2.69. The number of esters is 2. The van der Waals surface area contributed by atoms with Crippen LogP contribution in [0.2, 0.25) is 0 Å². The monoisotopic (exact) mass is 983 g/mol. The lowest BCUT2D eigenvalue weighted by Crippen LogP contribution is -2.51. The van der Waals surface area contributed by atoms with Gasteiger partial charge in [0.25, 0.3) is 0 Å². The minimum Gasteiger partial charge on any atom is -0.461 e. The van der Waals surface area contributed by atoms with Gasteiger partial charge in [-0.3, -0.25) is 9.59 Å². The summed E-state index contributed by atoms with van der Waals surface area (Å²) >= 11 is 0. The molecule has 0 spiro atoms. The Morgan fingerprint density at radius 2 is 0.915 bits per heavy atom. The fraction of sp³-hybridized carbons (Fsp3) is 0.873. The quantitative estimate of drug-likeness (QED) is 0.0804. The summed E-state index contributed by atoms with van der Waals surface area (Å²) in [7, 11) is 0. The zero-order valence-electron chi connectivity index (χ0n) is 47.1. The summed E-state index contributed by atoms with van der Waals surface area (Å²) in [5.74, 6) is 7.29. The van der Waals surface area contributed by atoms with Crippen LogP contribution in [-0.2, 0) is 28.7 Å². The van der Waals surface area contributed by atoms with E-state index >= 15 is 0 Å². The van der Waals surface area contributed by atoms with Crippen LogP contribution in [0.5, 0.6) is 0 Å². The molecule has 2 N–H and O–H groups in total. The minimum absolute atomic E-state index is 0.155. The second-order valence-corrected chi connectivity index (χ2v) is 27.9. The smallest absolute Gasteiger partial charge is 0.328 e. The van der Waals surface area contributed by atoms with Crippen LogP contribution in [0.15, 0.2) is 23.3 Å². The summed E-state index contributed by atoms with van der Waals surface area (Å²) in [4.78, 5) is 52.9. The maximum atomic E-state index is 13.4. The number of hydrogen-bond acceptors (Lipinski definition) is 6. The topological polar surface area (TPSA) is 111 Å². The van der Waals surface area contributed by atoms with Crippen LogP contribution < -0.4 is 10.6 Å². The maximum Gasteiger partial charge on any atom is 0.328 e. The van der Waals surface area contributed by atoms with Crippen molar-refractivity contribution < 1.29 is 28.7 Å². The fourth-order valence-corrected chi connectivity index (χ4v) is 18.9. The first-order valence-corrected chi connectivity index (χ1v) is 30.0. The van der Waals surface area contributed by atoms with Gasteiger partial charge in [-0.2, -0.15) is 0 Å². The molecular formula is C63H102N2O6. The average Bonchev–Trinajstić information content (AvgIpc) is 3.85. The van der Waals surface area contributed by atoms with Gasteiger partial charge in [-0.1, -0.05) is 131 Å². The Morgan fingerprint density at radius 1 is 0.521 bits per heavy atom. The molecule has 8 aliphatic rings. The number of fused-ring (bicyclic) bond motifs is 10. The van der Waals surface area contributed by atoms with E-state index in [0.717, 1.165) is 111 Å². The summed E-state index contributed by atoms with van der Waals surface area (Å²) in [6, 6.07) is -1.78. The van der Waals surface area contributed by atoms with Crippen LogP contribution >= 0.6 is 0 Å². The van der Waals surface area contributed by atoms with Crippen LogP contribution in [0.25, 0.3) is 0 Å². The molecule has 8 heteroatoms. The lowest BCUT2D eigenvalue weighted by molar-refractivity contribution is -0.155. The number of carbonyl (C=O) groups excluding carboxylic acids is 4. The predicted octanol–water partition coefficient (Wildman–Crippen LogP) is 14.3. The molecule has 8 nitrogen and oxygen atoms in total. The Bertz CT molecular complexity index is 1850. The molecule has 6 saturated carbocycles. The van der Waals surface area contributed by atoms with E-state index in [1.807, 2.05) is 0 Å². The summed E-state index contributed by atoms with van der Waals surface area (Å²) in [6.45, 7) is 28.1. The van der Waals surface area contributed by atoms with Crippen molar-refractivity contribution in [3.63, 3.8) is 0 Å². The van der Waals surface area contributed by atoms with E-state index in [1.54, 1.807) is 13.8 Å². The van der Waals surface area contributed by atoms with Gasteiger partial charge in [-0.25, -0.2) is 9.59 Å². The van der Waals surface area contributed by atoms with Crippen molar-refractivity contribution >= 4 is 23.8 Å². The molecule has 0 heterocycles. The molecule has 71 heavy (non-hydrogen) atoms. The number of nitrogens with one attached hydrogen (secondary N) is 2. The van der Waals surface area contributed by atoms with Crippen LogP contribution in [0.4, 0.5) is 0 Å². The van der Waals surface area contributed by atoms with E-state index in [4.69, 9.17) is 9.47 Å². The lowest BCUT2D eigenvalue weighted by Gasteiger charge is -2.58. The third kappa shape index (κ3) is 11.1. The number of hydrogen-bond donors (Lipinski definition) is 2. The van der Waals surface area contributed by atoms with Gasteiger partial charge in [0.1, 0.15) is 30.7 Å². The summed E-state index contributed by atoms with van der Waals surface area (Å²) in [5, 5.41) is 5.38. The first kappa shape index (κ1) is 54.6. The molecule has 0 aromatic rings. The third-order valence-electron chi connectivity index (χ3n) is 22.9. The van der Waals surface area contributed by atoms with E-state index in [0.29, 0.717) is 22.7 Å². The number of ether oxygens (including phenoxy) is 2. The largest absolute Gasteiger partial charge is 0.461 e. The van der Waals surface area contributed by atoms with Gasteiger partial charge in [0, 0.05) is 12.8 Å². The number of carbonyl (C=O) groups is 4. The van der Waals surface area contributed by atoms with Crippen molar-refractivity contribution in [3.05, 3.63) is 23.3 Å². The SMILES string of the molecule is CC(C)CCC[C@@H](C)[C@H]1CC[C@H]2[C@@H]3CC=C4C[C@@H](OC(=O)[C@@H](C)NC(=O)CC(=O)N[C@H](C)C(=O)O[C@H]5CC[C@@]6(C)C(=CC[C@H]7[C@@H]8CC[C@H]([C@H](C)CCCC(C)C)[C@@]8(C)CC[C@@H]76)C5)CC[C@]4(C)[C@H]3CC[C@]12C. The number of amides is 2. The molecule has 8 aliphatic carbocycles. The Balaban J connectivity index is 0.755. The van der Waals surface area contributed by atoms with E-state index < -0.39 is 42.3 Å². The molecule has 0 saturated heterocycles. The molecule has 0 bridgehead atoms. The van der Waals surface area contributed by atoms with E-state index in [9.17, 15) is 19.2 Å². The summed E-state index contributed by atoms with van der Waals surface area (Å²) < 4.78 is 12.2. The molecule has 6 fully saturated rings. The molecule has 8 rings (SSSR count). The Labute approximate surface area is 432 Å². The number of allylic oxidation sites excluding steroid dienone is 2. The van der Waals surface area contributed by atoms with Crippen LogP contribution in [-0.4, -0.2) is 48.0 Å².